The van der Waals surface area contributed by atoms with Crippen LogP contribution in [0.15, 0.2) is 53.0 Å². The minimum atomic E-state index is -0.733. The Labute approximate surface area is 197 Å². The van der Waals surface area contributed by atoms with Gasteiger partial charge in [-0.25, -0.2) is 4.79 Å². The van der Waals surface area contributed by atoms with Crippen LogP contribution in [0.2, 0.25) is 5.02 Å². The first-order valence-electron chi connectivity index (χ1n) is 9.59. The molecule has 162 valence electrons. The van der Waals surface area contributed by atoms with Crippen molar-refractivity contribution in [2.75, 3.05) is 10.6 Å². The van der Waals surface area contributed by atoms with Gasteiger partial charge in [-0.15, -0.1) is 10.2 Å². The van der Waals surface area contributed by atoms with Gasteiger partial charge in [0, 0.05) is 20.7 Å². The van der Waals surface area contributed by atoms with Gasteiger partial charge < -0.3 is 10.6 Å². The third-order valence-electron chi connectivity index (χ3n) is 4.63. The number of hydrogen-bond donors (Lipinski definition) is 3. The molecule has 3 N–H and O–H groups in total. The summed E-state index contributed by atoms with van der Waals surface area (Å²) in [6.07, 6.45) is 0.711. The molecule has 0 aliphatic rings. The summed E-state index contributed by atoms with van der Waals surface area (Å²) in [4.78, 5) is 25.3. The highest BCUT2D eigenvalue weighted by molar-refractivity contribution is 9.10. The van der Waals surface area contributed by atoms with Gasteiger partial charge in [-0.2, -0.15) is 0 Å². The Kier molecular flexibility index (Phi) is 8.00. The molecule has 0 saturated heterocycles. The van der Waals surface area contributed by atoms with Gasteiger partial charge in [0.15, 0.2) is 0 Å². The number of nitrogens with one attached hydrogen (secondary N) is 3. The lowest BCUT2D eigenvalue weighted by atomic mass is 9.98. The lowest BCUT2D eigenvalue weighted by Crippen LogP contribution is -2.49. The van der Waals surface area contributed by atoms with Crippen LogP contribution in [-0.2, 0) is 4.79 Å². The quantitative estimate of drug-likeness (QED) is 0.366. The highest BCUT2D eigenvalue weighted by Gasteiger charge is 2.27. The van der Waals surface area contributed by atoms with Crippen LogP contribution in [0.25, 0.3) is 10.6 Å². The number of halogens is 2. The molecule has 1 heterocycles. The Hall–Kier alpha value is -2.49. The average Bonchev–Trinajstić information content (AvgIpc) is 3.22. The minimum Gasteiger partial charge on any atom is -0.326 e. The van der Waals surface area contributed by atoms with Crippen molar-refractivity contribution in [1.29, 1.82) is 0 Å². The van der Waals surface area contributed by atoms with Crippen molar-refractivity contribution in [1.82, 2.24) is 15.5 Å². The smallest absolute Gasteiger partial charge is 0.319 e. The predicted octanol–water partition coefficient (Wildman–Crippen LogP) is 5.80. The summed E-state index contributed by atoms with van der Waals surface area (Å²) in [5.41, 5.74) is 1.48. The van der Waals surface area contributed by atoms with E-state index in [1.165, 1.54) is 11.3 Å². The Balaban J connectivity index is 1.66. The summed E-state index contributed by atoms with van der Waals surface area (Å²) < 4.78 is 0.908. The number of hydrogen-bond acceptors (Lipinski definition) is 5. The highest BCUT2D eigenvalue weighted by Crippen LogP contribution is 2.27. The number of carbonyl (C=O) groups excluding carboxylic acids is 2. The van der Waals surface area contributed by atoms with Crippen molar-refractivity contribution in [2.24, 2.45) is 5.92 Å². The lowest BCUT2D eigenvalue weighted by molar-refractivity contribution is -0.119. The molecule has 0 aliphatic heterocycles. The van der Waals surface area contributed by atoms with Gasteiger partial charge in [-0.1, -0.05) is 71.3 Å². The molecule has 2 atom stereocenters. The molecular formula is C21H21BrClN5O2S. The predicted molar refractivity (Wildman–Crippen MR) is 129 cm³/mol. The second-order valence-electron chi connectivity index (χ2n) is 6.88. The van der Waals surface area contributed by atoms with Crippen molar-refractivity contribution in [3.8, 4) is 10.6 Å². The molecule has 0 aliphatic carbocycles. The van der Waals surface area contributed by atoms with Gasteiger partial charge in [0.05, 0.1) is 0 Å². The summed E-state index contributed by atoms with van der Waals surface area (Å²) >= 11 is 10.5. The molecule has 0 saturated carbocycles. The monoisotopic (exact) mass is 521 g/mol. The number of urea groups is 1. The molecule has 10 heteroatoms. The molecule has 3 amide bonds. The van der Waals surface area contributed by atoms with E-state index in [9.17, 15) is 9.59 Å². The zero-order chi connectivity index (χ0) is 22.4. The normalized spacial score (nSPS) is 12.6. The van der Waals surface area contributed by atoms with Crippen LogP contribution in [0.3, 0.4) is 0 Å². The molecule has 0 unspecified atom stereocenters. The molecule has 0 fully saturated rings. The Morgan fingerprint density at radius 3 is 2.39 bits per heavy atom. The highest BCUT2D eigenvalue weighted by atomic mass is 79.9. The molecule has 31 heavy (non-hydrogen) atoms. The maximum Gasteiger partial charge on any atom is 0.319 e. The average molecular weight is 523 g/mol. The zero-order valence-electron chi connectivity index (χ0n) is 16.9. The van der Waals surface area contributed by atoms with Crippen LogP contribution in [-0.4, -0.2) is 28.2 Å². The van der Waals surface area contributed by atoms with E-state index in [2.05, 4.69) is 42.1 Å². The fourth-order valence-electron chi connectivity index (χ4n) is 2.71. The Morgan fingerprint density at radius 2 is 1.74 bits per heavy atom. The standard InChI is InChI=1S/C21H21BrClN5O2S/c1-3-12(2)17(25-20(30)24-16-10-6-14(22)7-11-16)18(29)26-21-28-27-19(31-21)13-4-8-15(23)9-5-13/h4-12,17H,3H2,1-2H3,(H2,24,25,30)(H,26,28,29)/t12-,17-/m1/s1. The van der Waals surface area contributed by atoms with Gasteiger partial charge in [-0.3, -0.25) is 10.1 Å². The fourth-order valence-corrected chi connectivity index (χ4v) is 3.85. The van der Waals surface area contributed by atoms with Crippen molar-refractivity contribution in [3.05, 3.63) is 58.0 Å². The summed E-state index contributed by atoms with van der Waals surface area (Å²) in [7, 11) is 0. The third kappa shape index (κ3) is 6.49. The Bertz CT molecular complexity index is 1040. The molecule has 3 aromatic rings. The fraction of sp³-hybridized carbons (Fsp3) is 0.238. The van der Waals surface area contributed by atoms with Crippen LogP contribution in [0.5, 0.6) is 0 Å². The van der Waals surface area contributed by atoms with Gasteiger partial charge in [0.2, 0.25) is 11.0 Å². The number of amides is 3. The van der Waals surface area contributed by atoms with Crippen molar-refractivity contribution in [3.63, 3.8) is 0 Å². The van der Waals surface area contributed by atoms with Gasteiger partial charge >= 0.3 is 6.03 Å². The van der Waals surface area contributed by atoms with E-state index >= 15 is 0 Å². The minimum absolute atomic E-state index is 0.0840. The van der Waals surface area contributed by atoms with Crippen LogP contribution in [0.4, 0.5) is 15.6 Å². The van der Waals surface area contributed by atoms with Crippen LogP contribution < -0.4 is 16.0 Å². The summed E-state index contributed by atoms with van der Waals surface area (Å²) in [6.45, 7) is 3.87. The van der Waals surface area contributed by atoms with E-state index < -0.39 is 12.1 Å². The largest absolute Gasteiger partial charge is 0.326 e. The number of anilines is 2. The van der Waals surface area contributed by atoms with E-state index in [0.29, 0.717) is 27.3 Å². The lowest BCUT2D eigenvalue weighted by Gasteiger charge is -2.23. The van der Waals surface area contributed by atoms with Gasteiger partial charge in [-0.05, 0) is 42.3 Å². The number of rotatable bonds is 7. The SMILES string of the molecule is CC[C@@H](C)[C@@H](NC(=O)Nc1ccc(Br)cc1)C(=O)Nc1nnc(-c2ccc(Cl)cc2)s1. The van der Waals surface area contributed by atoms with Crippen molar-refractivity contribution in [2.45, 2.75) is 26.3 Å². The summed E-state index contributed by atoms with van der Waals surface area (Å²) in [6, 6.07) is 13.2. The van der Waals surface area contributed by atoms with Gasteiger partial charge in [0.1, 0.15) is 11.0 Å². The molecule has 7 nitrogen and oxygen atoms in total. The van der Waals surface area contributed by atoms with E-state index in [4.69, 9.17) is 11.6 Å². The molecule has 2 aromatic carbocycles. The molecule has 3 rings (SSSR count). The van der Waals surface area contributed by atoms with Crippen molar-refractivity contribution >= 4 is 61.6 Å². The molecule has 0 spiro atoms. The molecule has 1 aromatic heterocycles. The van der Waals surface area contributed by atoms with Gasteiger partial charge in [0.25, 0.3) is 0 Å². The van der Waals surface area contributed by atoms with Crippen LogP contribution >= 0.6 is 38.9 Å². The van der Waals surface area contributed by atoms with E-state index in [1.807, 2.05) is 38.1 Å². The van der Waals surface area contributed by atoms with Crippen molar-refractivity contribution < 1.29 is 9.59 Å². The van der Waals surface area contributed by atoms with E-state index in [0.717, 1.165) is 10.0 Å². The first-order chi connectivity index (χ1) is 14.9. The maximum absolute atomic E-state index is 12.9. The second-order valence-corrected chi connectivity index (χ2v) is 9.21. The van der Waals surface area contributed by atoms with Crippen LogP contribution in [0, 0.1) is 5.92 Å². The maximum atomic E-state index is 12.9. The number of carbonyl (C=O) groups is 2. The zero-order valence-corrected chi connectivity index (χ0v) is 20.0. The number of benzene rings is 2. The molecular weight excluding hydrogens is 502 g/mol. The number of aromatic nitrogens is 2. The molecule has 0 radical (unpaired) electrons. The van der Waals surface area contributed by atoms with Crippen LogP contribution in [0.1, 0.15) is 20.3 Å². The summed E-state index contributed by atoms with van der Waals surface area (Å²) in [5, 5.41) is 18.1. The van der Waals surface area contributed by atoms with E-state index in [-0.39, 0.29) is 11.8 Å². The summed E-state index contributed by atoms with van der Waals surface area (Å²) in [5.74, 6) is -0.432. The molecule has 0 bridgehead atoms. The topological polar surface area (TPSA) is 96.0 Å². The third-order valence-corrected chi connectivity index (χ3v) is 6.30. The first-order valence-corrected chi connectivity index (χ1v) is 11.6. The Morgan fingerprint density at radius 1 is 1.06 bits per heavy atom. The van der Waals surface area contributed by atoms with E-state index in [1.54, 1.807) is 24.3 Å². The second kappa shape index (κ2) is 10.7. The first kappa shape index (κ1) is 23.2. The number of nitrogens with zero attached hydrogens (tertiary/aromatic N) is 2.